The lowest BCUT2D eigenvalue weighted by Gasteiger charge is -2.33. The molecule has 1 atom stereocenters. The number of carbonyl (C=O) groups excluding carboxylic acids is 3. The summed E-state index contributed by atoms with van der Waals surface area (Å²) in [6, 6.07) is 10.4. The normalized spacial score (nSPS) is 19.3. The van der Waals surface area contributed by atoms with Crippen LogP contribution in [0.3, 0.4) is 0 Å². The summed E-state index contributed by atoms with van der Waals surface area (Å²) in [6.07, 6.45) is 13.7. The smallest absolute Gasteiger partial charge is 0.329 e. The van der Waals surface area contributed by atoms with Gasteiger partial charge in [0, 0.05) is 50.2 Å². The van der Waals surface area contributed by atoms with Gasteiger partial charge in [0.1, 0.15) is 12.3 Å². The Balaban J connectivity index is 0.000000238. The summed E-state index contributed by atoms with van der Waals surface area (Å²) < 4.78 is 38.1. The summed E-state index contributed by atoms with van der Waals surface area (Å²) in [5, 5.41) is 9.11. The van der Waals surface area contributed by atoms with E-state index in [-0.39, 0.29) is 35.4 Å². The Labute approximate surface area is 365 Å². The topological polar surface area (TPSA) is 165 Å². The molecule has 4 aliphatic rings. The number of imide groups is 1. The number of para-hydroxylation sites is 2. The van der Waals surface area contributed by atoms with Crippen molar-refractivity contribution in [2.24, 2.45) is 18.9 Å². The van der Waals surface area contributed by atoms with Crippen LogP contribution in [-0.4, -0.2) is 95.7 Å². The molecule has 1 aliphatic carbocycles. The Morgan fingerprint density at radius 2 is 1.67 bits per heavy atom. The van der Waals surface area contributed by atoms with Gasteiger partial charge in [0.05, 0.1) is 22.8 Å². The maximum absolute atomic E-state index is 14.0. The fraction of sp³-hybridized carbons (Fsp3) is 0.543. The molecule has 17 heteroatoms. The minimum atomic E-state index is -2.81. The zero-order valence-corrected chi connectivity index (χ0v) is 36.2. The van der Waals surface area contributed by atoms with Gasteiger partial charge in [0.15, 0.2) is 11.4 Å². The first-order valence-electron chi connectivity index (χ1n) is 22.6. The van der Waals surface area contributed by atoms with Gasteiger partial charge in [-0.05, 0) is 120 Å². The number of likely N-dealkylation sites (tertiary alicyclic amines) is 2. The fourth-order valence-electron chi connectivity index (χ4n) is 9.20. The number of imidazole rings is 1. The molecule has 336 valence electrons. The largest absolute Gasteiger partial charge is 0.444 e. The molecule has 3 aliphatic heterocycles. The number of fused-ring (bicyclic) bond motifs is 1. The number of alkyl halides is 2. The quantitative estimate of drug-likeness (QED) is 0.112. The van der Waals surface area contributed by atoms with E-state index in [9.17, 15) is 28.0 Å². The van der Waals surface area contributed by atoms with Crippen molar-refractivity contribution < 1.29 is 27.6 Å². The second-order valence-electron chi connectivity index (χ2n) is 17.5. The first kappa shape index (κ1) is 44.1. The summed E-state index contributed by atoms with van der Waals surface area (Å²) in [6.45, 7) is 8.77. The molecule has 63 heavy (non-hydrogen) atoms. The Hall–Kier alpha value is -5.55. The van der Waals surface area contributed by atoms with Crippen molar-refractivity contribution in [3.63, 3.8) is 0 Å². The van der Waals surface area contributed by atoms with Crippen LogP contribution in [0.15, 0.2) is 64.3 Å². The molecule has 4 aromatic heterocycles. The van der Waals surface area contributed by atoms with E-state index in [2.05, 4.69) is 42.4 Å². The Morgan fingerprint density at radius 1 is 0.937 bits per heavy atom. The van der Waals surface area contributed by atoms with Gasteiger partial charge in [-0.3, -0.25) is 38.5 Å². The fourth-order valence-corrected chi connectivity index (χ4v) is 9.20. The third-order valence-electron chi connectivity index (χ3n) is 13.2. The number of nitrogens with one attached hydrogen (secondary N) is 2. The third-order valence-corrected chi connectivity index (χ3v) is 13.2. The molecule has 9 rings (SSSR count). The number of hydrogen-bond acceptors (Lipinski definition) is 10. The van der Waals surface area contributed by atoms with E-state index in [0.717, 1.165) is 80.5 Å². The highest BCUT2D eigenvalue weighted by Crippen LogP contribution is 2.34. The van der Waals surface area contributed by atoms with Gasteiger partial charge in [0.2, 0.25) is 17.7 Å². The van der Waals surface area contributed by atoms with E-state index >= 15 is 0 Å². The average Bonchev–Trinajstić information content (AvgIpc) is 3.70. The molecule has 3 saturated heterocycles. The molecular formula is C46H58F2N10O5. The maximum Gasteiger partial charge on any atom is 0.329 e. The second-order valence-corrected chi connectivity index (χ2v) is 17.5. The summed E-state index contributed by atoms with van der Waals surface area (Å²) >= 11 is 0. The predicted octanol–water partition coefficient (Wildman–Crippen LogP) is 6.93. The van der Waals surface area contributed by atoms with Gasteiger partial charge in [-0.1, -0.05) is 31.9 Å². The average molecular weight is 869 g/mol. The van der Waals surface area contributed by atoms with Crippen LogP contribution in [0.5, 0.6) is 0 Å². The standard InChI is InChI=1S/C33H45F2N7O2.C13H13N3O3/c1-2-40-16-10-23(11-17-40)4-3-15-41-18-12-27(13-19-41)42-21-28(30(39-42)31(34)35)37-32(43)29-22-44-33(38-29)25-9-14-36-26(20-25)8-7-24-5-6-24;1-15-8-4-2-3-5-9(8)16(13(15)19)10-6-7-11(17)14-12(10)18/h9,14,20-24,27,31H,2-8,10-13,15-19H2,1H3,(H,37,43);2-5,10H,6-7H2,1H3,(H,14,17,18). The number of pyridine rings is 1. The van der Waals surface area contributed by atoms with Crippen LogP contribution in [0.1, 0.15) is 118 Å². The number of halogens is 2. The minimum absolute atomic E-state index is 0.0115. The Bertz CT molecular complexity index is 2440. The van der Waals surface area contributed by atoms with Crippen LogP contribution in [0.25, 0.3) is 22.5 Å². The highest BCUT2D eigenvalue weighted by Gasteiger charge is 2.31. The number of hydrogen-bond donors (Lipinski definition) is 2. The van der Waals surface area contributed by atoms with Crippen LogP contribution in [0.4, 0.5) is 14.5 Å². The van der Waals surface area contributed by atoms with E-state index in [1.54, 1.807) is 36.3 Å². The number of anilines is 1. The number of aryl methyl sites for hydroxylation is 2. The van der Waals surface area contributed by atoms with E-state index in [1.165, 1.54) is 67.0 Å². The van der Waals surface area contributed by atoms with Crippen molar-refractivity contribution in [1.82, 2.24) is 44.0 Å². The number of rotatable bonds is 14. The molecule has 1 unspecified atom stereocenters. The van der Waals surface area contributed by atoms with Gasteiger partial charge >= 0.3 is 5.69 Å². The SMILES string of the molecule is CCN1CCC(CCCN2CCC(n3cc(NC(=O)c4coc(-c5ccnc(CCC6CC6)c5)n4)c(C(F)F)n3)CC2)CC1.Cn1c(=O)n(C2CCC(=O)NC2=O)c2ccccc21. The molecule has 0 spiro atoms. The van der Waals surface area contributed by atoms with Crippen LogP contribution in [0, 0.1) is 11.8 Å². The number of nitrogens with zero attached hydrogens (tertiary/aromatic N) is 8. The second kappa shape index (κ2) is 19.9. The van der Waals surface area contributed by atoms with E-state index in [1.807, 2.05) is 24.3 Å². The van der Waals surface area contributed by atoms with Gasteiger partial charge in [-0.2, -0.15) is 5.10 Å². The van der Waals surface area contributed by atoms with Crippen molar-refractivity contribution in [3.8, 4) is 11.5 Å². The Kier molecular flexibility index (Phi) is 13.9. The van der Waals surface area contributed by atoms with E-state index in [0.29, 0.717) is 17.8 Å². The van der Waals surface area contributed by atoms with Crippen molar-refractivity contribution in [2.75, 3.05) is 44.6 Å². The summed E-state index contributed by atoms with van der Waals surface area (Å²) in [5.74, 6) is 0.642. The monoisotopic (exact) mass is 868 g/mol. The molecule has 2 N–H and O–H groups in total. The molecular weight excluding hydrogens is 811 g/mol. The zero-order valence-electron chi connectivity index (χ0n) is 36.2. The number of benzene rings is 1. The highest BCUT2D eigenvalue weighted by molar-refractivity contribution is 6.03. The third kappa shape index (κ3) is 10.6. The van der Waals surface area contributed by atoms with E-state index < -0.39 is 30.0 Å². The molecule has 1 saturated carbocycles. The first-order chi connectivity index (χ1) is 30.5. The molecule has 5 aromatic rings. The molecule has 4 fully saturated rings. The molecule has 7 heterocycles. The number of carbonyl (C=O) groups is 3. The molecule has 0 bridgehead atoms. The zero-order chi connectivity index (χ0) is 44.0. The van der Waals surface area contributed by atoms with Crippen molar-refractivity contribution in [3.05, 3.63) is 82.6 Å². The number of piperidine rings is 3. The maximum atomic E-state index is 14.0. The Morgan fingerprint density at radius 3 is 2.38 bits per heavy atom. The van der Waals surface area contributed by atoms with Crippen LogP contribution >= 0.6 is 0 Å². The predicted molar refractivity (Wildman–Crippen MR) is 233 cm³/mol. The van der Waals surface area contributed by atoms with Crippen LogP contribution in [-0.2, 0) is 23.1 Å². The summed E-state index contributed by atoms with van der Waals surface area (Å²) in [7, 11) is 1.67. The lowest BCUT2D eigenvalue weighted by Crippen LogP contribution is -2.44. The van der Waals surface area contributed by atoms with Crippen molar-refractivity contribution in [2.45, 2.75) is 102 Å². The minimum Gasteiger partial charge on any atom is -0.444 e. The van der Waals surface area contributed by atoms with Gasteiger partial charge in [-0.25, -0.2) is 18.6 Å². The van der Waals surface area contributed by atoms with E-state index in [4.69, 9.17) is 4.42 Å². The summed E-state index contributed by atoms with van der Waals surface area (Å²) in [5.41, 5.74) is 2.55. The number of aromatic nitrogens is 6. The van der Waals surface area contributed by atoms with Crippen LogP contribution in [0.2, 0.25) is 0 Å². The molecule has 1 aromatic carbocycles. The van der Waals surface area contributed by atoms with Crippen LogP contribution < -0.4 is 16.3 Å². The van der Waals surface area contributed by atoms with Crippen molar-refractivity contribution >= 4 is 34.4 Å². The number of amides is 3. The number of oxazole rings is 1. The van der Waals surface area contributed by atoms with Gasteiger partial charge in [-0.15, -0.1) is 0 Å². The lowest BCUT2D eigenvalue weighted by atomic mass is 9.92. The molecule has 0 radical (unpaired) electrons. The molecule has 15 nitrogen and oxygen atoms in total. The van der Waals surface area contributed by atoms with Gasteiger partial charge in [0.25, 0.3) is 12.3 Å². The first-order valence-corrected chi connectivity index (χ1v) is 22.6. The highest BCUT2D eigenvalue weighted by atomic mass is 19.3. The van der Waals surface area contributed by atoms with Gasteiger partial charge < -0.3 is 19.5 Å². The van der Waals surface area contributed by atoms with Crippen molar-refractivity contribution in [1.29, 1.82) is 0 Å². The lowest BCUT2D eigenvalue weighted by molar-refractivity contribution is -0.135. The molecule has 3 amide bonds. The summed E-state index contributed by atoms with van der Waals surface area (Å²) in [4.78, 5) is 62.2.